The van der Waals surface area contributed by atoms with Gasteiger partial charge in [0.1, 0.15) is 11.5 Å². The molecule has 0 aliphatic carbocycles. The summed E-state index contributed by atoms with van der Waals surface area (Å²) in [7, 11) is 0. The van der Waals surface area contributed by atoms with Gasteiger partial charge < -0.3 is 14.6 Å². The highest BCUT2D eigenvalue weighted by atomic mass is 79.9. The number of carboxylic acids is 1. The SMILES string of the molecule is O=C(O)CCCOc1cccc(Br)c1.O=C1CCCOc2cc(Br)ccc21. The Labute approximate surface area is 174 Å². The van der Waals surface area contributed by atoms with Crippen LogP contribution < -0.4 is 9.47 Å². The average Bonchev–Trinajstić information content (AvgIpc) is 2.80. The number of hydrogen-bond acceptors (Lipinski definition) is 4. The lowest BCUT2D eigenvalue weighted by atomic mass is 10.1. The number of fused-ring (bicyclic) bond motifs is 1. The summed E-state index contributed by atoms with van der Waals surface area (Å²) < 4.78 is 12.7. The number of carbonyl (C=O) groups excluding carboxylic acids is 1. The Morgan fingerprint density at radius 3 is 2.67 bits per heavy atom. The first-order valence-electron chi connectivity index (χ1n) is 8.51. The fourth-order valence-electron chi connectivity index (χ4n) is 2.37. The van der Waals surface area contributed by atoms with Gasteiger partial charge in [0.05, 0.1) is 18.8 Å². The molecule has 2 aromatic rings. The molecule has 0 radical (unpaired) electrons. The van der Waals surface area contributed by atoms with Crippen LogP contribution in [0.5, 0.6) is 11.5 Å². The van der Waals surface area contributed by atoms with E-state index in [0.717, 1.165) is 21.1 Å². The second-order valence-electron chi connectivity index (χ2n) is 5.82. The van der Waals surface area contributed by atoms with Crippen LogP contribution in [0.4, 0.5) is 0 Å². The molecule has 1 N–H and O–H groups in total. The van der Waals surface area contributed by atoms with Gasteiger partial charge in [-0.1, -0.05) is 37.9 Å². The number of benzene rings is 2. The third kappa shape index (κ3) is 7.72. The zero-order chi connectivity index (χ0) is 19.6. The van der Waals surface area contributed by atoms with E-state index in [-0.39, 0.29) is 12.2 Å². The van der Waals surface area contributed by atoms with Crippen molar-refractivity contribution in [3.8, 4) is 11.5 Å². The minimum atomic E-state index is -0.789. The van der Waals surface area contributed by atoms with E-state index in [2.05, 4.69) is 31.9 Å². The molecule has 0 bridgehead atoms. The smallest absolute Gasteiger partial charge is 0.303 e. The van der Waals surface area contributed by atoms with Gasteiger partial charge in [-0.3, -0.25) is 9.59 Å². The van der Waals surface area contributed by atoms with Gasteiger partial charge in [0.15, 0.2) is 5.78 Å². The van der Waals surface area contributed by atoms with E-state index in [9.17, 15) is 9.59 Å². The quantitative estimate of drug-likeness (QED) is 0.550. The number of aliphatic carboxylic acids is 1. The molecule has 1 aliphatic heterocycles. The lowest BCUT2D eigenvalue weighted by Crippen LogP contribution is -2.01. The first-order valence-corrected chi connectivity index (χ1v) is 10.1. The van der Waals surface area contributed by atoms with Crippen molar-refractivity contribution in [1.29, 1.82) is 0 Å². The van der Waals surface area contributed by atoms with E-state index >= 15 is 0 Å². The highest BCUT2D eigenvalue weighted by molar-refractivity contribution is 9.10. The van der Waals surface area contributed by atoms with Crippen LogP contribution in [0.25, 0.3) is 0 Å². The summed E-state index contributed by atoms with van der Waals surface area (Å²) in [6.07, 6.45) is 2.08. The molecule has 0 spiro atoms. The topological polar surface area (TPSA) is 72.8 Å². The molecule has 0 saturated heterocycles. The maximum absolute atomic E-state index is 11.5. The van der Waals surface area contributed by atoms with E-state index in [1.54, 1.807) is 0 Å². The van der Waals surface area contributed by atoms with Gasteiger partial charge >= 0.3 is 5.97 Å². The van der Waals surface area contributed by atoms with Gasteiger partial charge in [0, 0.05) is 21.8 Å². The molecule has 144 valence electrons. The van der Waals surface area contributed by atoms with E-state index < -0.39 is 5.97 Å². The number of halogens is 2. The van der Waals surface area contributed by atoms with Crippen LogP contribution >= 0.6 is 31.9 Å². The Morgan fingerprint density at radius 2 is 1.93 bits per heavy atom. The van der Waals surface area contributed by atoms with Gasteiger partial charge in [0.25, 0.3) is 0 Å². The summed E-state index contributed by atoms with van der Waals surface area (Å²) in [5.41, 5.74) is 0.709. The third-order valence-corrected chi connectivity index (χ3v) is 4.64. The van der Waals surface area contributed by atoms with E-state index in [0.29, 0.717) is 37.4 Å². The zero-order valence-corrected chi connectivity index (χ0v) is 17.8. The molecule has 0 aromatic heterocycles. The summed E-state index contributed by atoms with van der Waals surface area (Å²) >= 11 is 6.66. The standard InChI is InChI=1S/C10H11BrO3.C10H9BrO2/c11-8-3-1-4-9(7-8)14-6-2-5-10(12)13;11-7-3-4-8-9(12)2-1-5-13-10(8)6-7/h1,3-4,7H,2,5-6H2,(H,12,13);3-4,6H,1-2,5H2. The molecule has 1 aliphatic rings. The van der Waals surface area contributed by atoms with Gasteiger partial charge in [-0.2, -0.15) is 0 Å². The van der Waals surface area contributed by atoms with Crippen molar-refractivity contribution in [3.05, 3.63) is 57.0 Å². The Morgan fingerprint density at radius 1 is 1.15 bits per heavy atom. The number of carboxylic acid groups (broad SMARTS) is 1. The number of ether oxygens (including phenoxy) is 2. The summed E-state index contributed by atoms with van der Waals surface area (Å²) in [5, 5.41) is 8.39. The first-order chi connectivity index (χ1) is 13.0. The molecule has 27 heavy (non-hydrogen) atoms. The summed E-state index contributed by atoms with van der Waals surface area (Å²) in [6.45, 7) is 1.07. The van der Waals surface area contributed by atoms with Crippen molar-refractivity contribution < 1.29 is 24.2 Å². The number of rotatable bonds is 5. The Bertz CT molecular complexity index is 792. The molecule has 0 atom stereocenters. The minimum absolute atomic E-state index is 0.147. The van der Waals surface area contributed by atoms with Crippen LogP contribution in [0.1, 0.15) is 36.0 Å². The van der Waals surface area contributed by atoms with Crippen molar-refractivity contribution in [2.24, 2.45) is 0 Å². The highest BCUT2D eigenvalue weighted by Crippen LogP contribution is 2.27. The maximum atomic E-state index is 11.5. The van der Waals surface area contributed by atoms with Gasteiger partial charge in [0.2, 0.25) is 0 Å². The second-order valence-corrected chi connectivity index (χ2v) is 7.65. The highest BCUT2D eigenvalue weighted by Gasteiger charge is 2.16. The lowest BCUT2D eigenvalue weighted by molar-refractivity contribution is -0.137. The molecule has 3 rings (SSSR count). The van der Waals surface area contributed by atoms with E-state index in [4.69, 9.17) is 14.6 Å². The molecule has 2 aromatic carbocycles. The summed E-state index contributed by atoms with van der Waals surface area (Å²) in [5.74, 6) is 0.851. The molecule has 0 amide bonds. The molecular formula is C20H20Br2O5. The normalized spacial score (nSPS) is 12.7. The van der Waals surface area contributed by atoms with Crippen molar-refractivity contribution >= 4 is 43.6 Å². The molecule has 0 fully saturated rings. The number of Topliss-reactive ketones (excluding diaryl/α,β-unsaturated/α-hetero) is 1. The molecular weight excluding hydrogens is 480 g/mol. The van der Waals surface area contributed by atoms with Crippen LogP contribution in [-0.4, -0.2) is 30.1 Å². The van der Waals surface area contributed by atoms with Crippen molar-refractivity contribution in [3.63, 3.8) is 0 Å². The molecule has 0 saturated carbocycles. The Hall–Kier alpha value is -1.86. The van der Waals surface area contributed by atoms with Gasteiger partial charge in [-0.15, -0.1) is 0 Å². The number of carbonyl (C=O) groups is 2. The van der Waals surface area contributed by atoms with Crippen molar-refractivity contribution in [2.45, 2.75) is 25.7 Å². The zero-order valence-electron chi connectivity index (χ0n) is 14.6. The average molecular weight is 500 g/mol. The van der Waals surface area contributed by atoms with Gasteiger partial charge in [-0.25, -0.2) is 0 Å². The van der Waals surface area contributed by atoms with E-state index in [1.165, 1.54) is 0 Å². The summed E-state index contributed by atoms with van der Waals surface area (Å²) in [6, 6.07) is 13.0. The largest absolute Gasteiger partial charge is 0.494 e. The first kappa shape index (κ1) is 21.4. The minimum Gasteiger partial charge on any atom is -0.494 e. The van der Waals surface area contributed by atoms with Crippen molar-refractivity contribution in [2.75, 3.05) is 13.2 Å². The van der Waals surface area contributed by atoms with E-state index in [1.807, 2.05) is 42.5 Å². The molecule has 5 nitrogen and oxygen atoms in total. The molecule has 7 heteroatoms. The number of hydrogen-bond donors (Lipinski definition) is 1. The van der Waals surface area contributed by atoms with Crippen LogP contribution in [0.15, 0.2) is 51.4 Å². The predicted octanol–water partition coefficient (Wildman–Crippen LogP) is 5.50. The van der Waals surface area contributed by atoms with Gasteiger partial charge in [-0.05, 0) is 49.2 Å². The van der Waals surface area contributed by atoms with Crippen LogP contribution in [0, 0.1) is 0 Å². The lowest BCUT2D eigenvalue weighted by Gasteiger charge is -2.05. The monoisotopic (exact) mass is 498 g/mol. The van der Waals surface area contributed by atoms with Crippen molar-refractivity contribution in [1.82, 2.24) is 0 Å². The Balaban J connectivity index is 0.000000194. The molecule has 0 unspecified atom stereocenters. The number of ketones is 1. The predicted molar refractivity (Wildman–Crippen MR) is 110 cm³/mol. The van der Waals surface area contributed by atoms with Crippen LogP contribution in [0.3, 0.4) is 0 Å². The Kier molecular flexibility index (Phi) is 8.81. The second kappa shape index (κ2) is 11.1. The third-order valence-electron chi connectivity index (χ3n) is 3.65. The van der Waals surface area contributed by atoms with Crippen LogP contribution in [-0.2, 0) is 4.79 Å². The molecule has 1 heterocycles. The fourth-order valence-corrected chi connectivity index (χ4v) is 3.08. The fraction of sp³-hybridized carbons (Fsp3) is 0.300. The van der Waals surface area contributed by atoms with Crippen LogP contribution in [0.2, 0.25) is 0 Å². The maximum Gasteiger partial charge on any atom is 0.303 e. The summed E-state index contributed by atoms with van der Waals surface area (Å²) in [4.78, 5) is 21.7.